The molecule has 2 rings (SSSR count). The van der Waals surface area contributed by atoms with Crippen LogP contribution in [0.15, 0.2) is 12.2 Å². The first kappa shape index (κ1) is 25.4. The summed E-state index contributed by atoms with van der Waals surface area (Å²) in [6.07, 6.45) is 8.57. The number of nitrogens with one attached hydrogen (secondary N) is 3. The number of allylic oxidation sites excluding steroid dienone is 1. The van der Waals surface area contributed by atoms with E-state index in [0.29, 0.717) is 31.6 Å². The zero-order chi connectivity index (χ0) is 23.4. The molecule has 0 aromatic heterocycles. The van der Waals surface area contributed by atoms with Gasteiger partial charge in [0.05, 0.1) is 4.75 Å². The Kier molecular flexibility index (Phi) is 7.94. The molecule has 4 atom stereocenters. The summed E-state index contributed by atoms with van der Waals surface area (Å²) in [7, 11) is -3.82. The number of amides is 3. The number of hydrogen-bond donors (Lipinski definition) is 3. The fourth-order valence-corrected chi connectivity index (χ4v) is 4.83. The largest absolute Gasteiger partial charge is 0.345 e. The van der Waals surface area contributed by atoms with E-state index in [1.807, 2.05) is 12.2 Å². The van der Waals surface area contributed by atoms with Gasteiger partial charge in [-0.1, -0.05) is 39.3 Å². The molecule has 3 N–H and O–H groups in total. The van der Waals surface area contributed by atoms with Gasteiger partial charge in [0.25, 0.3) is 5.91 Å². The SMILES string of the molecule is CCC(C)CCC=CC1CC1(NC(=O)C(CC)NC(C)=O)C(=O)NS(=O)(=O)C1(C)CC1. The molecule has 176 valence electrons. The average molecular weight is 456 g/mol. The summed E-state index contributed by atoms with van der Waals surface area (Å²) in [6, 6.07) is -0.782. The van der Waals surface area contributed by atoms with Crippen LogP contribution in [-0.4, -0.2) is 42.5 Å². The highest BCUT2D eigenvalue weighted by Crippen LogP contribution is 2.47. The molecule has 2 fully saturated rings. The zero-order valence-corrected chi connectivity index (χ0v) is 20.1. The molecule has 9 heteroatoms. The van der Waals surface area contributed by atoms with Gasteiger partial charge in [-0.25, -0.2) is 8.42 Å². The minimum atomic E-state index is -3.82. The quantitative estimate of drug-likeness (QED) is 0.389. The second-order valence-corrected chi connectivity index (χ2v) is 11.5. The van der Waals surface area contributed by atoms with Gasteiger partial charge in [-0.3, -0.25) is 19.1 Å². The average Bonchev–Trinajstić information content (AvgIpc) is 3.60. The van der Waals surface area contributed by atoms with Crippen molar-refractivity contribution in [2.45, 2.75) is 95.9 Å². The first-order chi connectivity index (χ1) is 14.4. The Morgan fingerprint density at radius 1 is 1.16 bits per heavy atom. The molecular formula is C22H37N3O5S. The van der Waals surface area contributed by atoms with Crippen LogP contribution in [0, 0.1) is 11.8 Å². The van der Waals surface area contributed by atoms with Crippen molar-refractivity contribution in [3.8, 4) is 0 Å². The maximum absolute atomic E-state index is 13.1. The highest BCUT2D eigenvalue weighted by Gasteiger charge is 2.62. The van der Waals surface area contributed by atoms with Crippen molar-refractivity contribution in [2.24, 2.45) is 11.8 Å². The number of rotatable bonds is 12. The Hall–Kier alpha value is -1.90. The van der Waals surface area contributed by atoms with Gasteiger partial charge in [0.15, 0.2) is 0 Å². The predicted octanol–water partition coefficient (Wildman–Crippen LogP) is 2.16. The predicted molar refractivity (Wildman–Crippen MR) is 119 cm³/mol. The van der Waals surface area contributed by atoms with E-state index in [2.05, 4.69) is 29.2 Å². The molecule has 2 aliphatic carbocycles. The van der Waals surface area contributed by atoms with Crippen LogP contribution < -0.4 is 15.4 Å². The maximum Gasteiger partial charge on any atom is 0.259 e. The van der Waals surface area contributed by atoms with E-state index in [0.717, 1.165) is 19.3 Å². The van der Waals surface area contributed by atoms with Crippen LogP contribution in [0.5, 0.6) is 0 Å². The van der Waals surface area contributed by atoms with Crippen LogP contribution in [0.25, 0.3) is 0 Å². The maximum atomic E-state index is 13.1. The highest BCUT2D eigenvalue weighted by molar-refractivity contribution is 7.91. The lowest BCUT2D eigenvalue weighted by Crippen LogP contribution is -2.57. The molecule has 0 aromatic carbocycles. The summed E-state index contributed by atoms with van der Waals surface area (Å²) >= 11 is 0. The van der Waals surface area contributed by atoms with Crippen LogP contribution in [-0.2, 0) is 24.4 Å². The third kappa shape index (κ3) is 6.08. The van der Waals surface area contributed by atoms with Gasteiger partial charge >= 0.3 is 0 Å². The second-order valence-electron chi connectivity index (χ2n) is 9.34. The highest BCUT2D eigenvalue weighted by atomic mass is 32.2. The third-order valence-corrected chi connectivity index (χ3v) is 8.75. The molecule has 0 aliphatic heterocycles. The van der Waals surface area contributed by atoms with Crippen LogP contribution in [0.4, 0.5) is 0 Å². The van der Waals surface area contributed by atoms with Crippen molar-refractivity contribution in [3.63, 3.8) is 0 Å². The minimum Gasteiger partial charge on any atom is -0.345 e. The molecule has 31 heavy (non-hydrogen) atoms. The molecule has 4 unspecified atom stereocenters. The normalized spacial score (nSPS) is 26.0. The van der Waals surface area contributed by atoms with Crippen molar-refractivity contribution in [2.75, 3.05) is 0 Å². The lowest BCUT2D eigenvalue weighted by atomic mass is 10.0. The van der Waals surface area contributed by atoms with Crippen molar-refractivity contribution in [1.82, 2.24) is 15.4 Å². The topological polar surface area (TPSA) is 121 Å². The van der Waals surface area contributed by atoms with Gasteiger partial charge in [-0.15, -0.1) is 0 Å². The third-order valence-electron chi connectivity index (χ3n) is 6.59. The first-order valence-corrected chi connectivity index (χ1v) is 12.7. The Balaban J connectivity index is 2.14. The Morgan fingerprint density at radius 2 is 1.81 bits per heavy atom. The number of carbonyl (C=O) groups is 3. The summed E-state index contributed by atoms with van der Waals surface area (Å²) in [5.74, 6) is -1.22. The number of sulfonamides is 1. The molecule has 0 spiro atoms. The second kappa shape index (κ2) is 9.71. The summed E-state index contributed by atoms with van der Waals surface area (Å²) in [5.41, 5.74) is -1.31. The molecule has 0 heterocycles. The Bertz CT molecular complexity index is 834. The van der Waals surface area contributed by atoms with E-state index in [4.69, 9.17) is 0 Å². The van der Waals surface area contributed by atoms with Crippen molar-refractivity contribution in [1.29, 1.82) is 0 Å². The smallest absolute Gasteiger partial charge is 0.259 e. The zero-order valence-electron chi connectivity index (χ0n) is 19.3. The summed E-state index contributed by atoms with van der Waals surface area (Å²) in [5, 5.41) is 5.32. The van der Waals surface area contributed by atoms with Crippen LogP contribution >= 0.6 is 0 Å². The van der Waals surface area contributed by atoms with E-state index in [1.54, 1.807) is 13.8 Å². The summed E-state index contributed by atoms with van der Waals surface area (Å²) in [6.45, 7) is 9.00. The van der Waals surface area contributed by atoms with Crippen molar-refractivity contribution >= 4 is 27.7 Å². The summed E-state index contributed by atoms with van der Waals surface area (Å²) < 4.78 is 26.4. The standard InChI is InChI=1S/C22H37N3O5S/c1-6-15(3)10-8-9-11-17-14-22(17,24-19(27)18(7-2)23-16(4)26)20(28)25-31(29,30)21(5)12-13-21/h9,11,15,17-18H,6-8,10,12-14H2,1-5H3,(H,23,26)(H,24,27)(H,25,28). The monoisotopic (exact) mass is 455 g/mol. The van der Waals surface area contributed by atoms with E-state index in [-0.39, 0.29) is 11.8 Å². The number of carbonyl (C=O) groups excluding carboxylic acids is 3. The van der Waals surface area contributed by atoms with E-state index >= 15 is 0 Å². The summed E-state index contributed by atoms with van der Waals surface area (Å²) in [4.78, 5) is 37.2. The molecule has 2 aliphatic rings. The first-order valence-electron chi connectivity index (χ1n) is 11.2. The van der Waals surface area contributed by atoms with Crippen molar-refractivity contribution < 1.29 is 22.8 Å². The Morgan fingerprint density at radius 3 is 2.32 bits per heavy atom. The Labute approximate surface area is 186 Å². The van der Waals surface area contributed by atoms with Crippen LogP contribution in [0.2, 0.25) is 0 Å². The molecule has 8 nitrogen and oxygen atoms in total. The van der Waals surface area contributed by atoms with Gasteiger partial charge in [0.2, 0.25) is 21.8 Å². The van der Waals surface area contributed by atoms with Gasteiger partial charge in [-0.2, -0.15) is 0 Å². The van der Waals surface area contributed by atoms with E-state index in [9.17, 15) is 22.8 Å². The fourth-order valence-electron chi connectivity index (χ4n) is 3.51. The molecule has 0 aromatic rings. The van der Waals surface area contributed by atoms with Crippen molar-refractivity contribution in [3.05, 3.63) is 12.2 Å². The van der Waals surface area contributed by atoms with Gasteiger partial charge in [0, 0.05) is 12.8 Å². The van der Waals surface area contributed by atoms with Crippen LogP contribution in [0.3, 0.4) is 0 Å². The van der Waals surface area contributed by atoms with Gasteiger partial charge in [0.1, 0.15) is 11.6 Å². The molecular weight excluding hydrogens is 418 g/mol. The van der Waals surface area contributed by atoms with Gasteiger partial charge < -0.3 is 10.6 Å². The van der Waals surface area contributed by atoms with Crippen LogP contribution in [0.1, 0.15) is 79.6 Å². The van der Waals surface area contributed by atoms with E-state index < -0.39 is 38.2 Å². The molecule has 0 saturated heterocycles. The lowest BCUT2D eigenvalue weighted by Gasteiger charge is -2.23. The van der Waals surface area contributed by atoms with Gasteiger partial charge in [-0.05, 0) is 51.4 Å². The molecule has 0 bridgehead atoms. The van der Waals surface area contributed by atoms with E-state index in [1.165, 1.54) is 6.92 Å². The molecule has 2 saturated carbocycles. The fraction of sp³-hybridized carbons (Fsp3) is 0.773. The molecule has 0 radical (unpaired) electrons. The number of hydrogen-bond acceptors (Lipinski definition) is 5. The lowest BCUT2D eigenvalue weighted by molar-refractivity contribution is -0.132. The minimum absolute atomic E-state index is 0.287. The molecule has 3 amide bonds.